The molecule has 0 aliphatic heterocycles. The molecule has 0 fully saturated rings. The Morgan fingerprint density at radius 2 is 0.407 bits per heavy atom. The molecule has 0 aliphatic carbocycles. The summed E-state index contributed by atoms with van der Waals surface area (Å²) in [5.41, 5.74) is 0. The number of phosphoric ester groups is 2. The van der Waals surface area contributed by atoms with Gasteiger partial charge >= 0.3 is 33.6 Å². The quantitative estimate of drug-likeness (QED) is 0.0146. The van der Waals surface area contributed by atoms with Crippen LogP contribution in [-0.2, 0) is 55.8 Å². The number of ether oxygens (including phenoxy) is 3. The number of allylic oxidation sites excluding steroid dienone is 24. The highest BCUT2D eigenvalue weighted by Crippen LogP contribution is 2.45. The molecule has 0 saturated heterocycles. The molecule has 0 aromatic rings. The lowest BCUT2D eigenvalue weighted by Gasteiger charge is -2.21. The molecule has 0 saturated carbocycles. The van der Waals surface area contributed by atoms with Gasteiger partial charge in [0.2, 0.25) is 0 Å². The lowest BCUT2D eigenvalue weighted by atomic mass is 10.0. The highest BCUT2D eigenvalue weighted by molar-refractivity contribution is 7.47. The molecule has 0 spiro atoms. The van der Waals surface area contributed by atoms with Crippen LogP contribution in [0.25, 0.3) is 0 Å². The summed E-state index contributed by atoms with van der Waals surface area (Å²) in [7, 11) is -9.81. The summed E-state index contributed by atoms with van der Waals surface area (Å²) in [4.78, 5) is 59.2. The zero-order chi connectivity index (χ0) is 89.3. The van der Waals surface area contributed by atoms with Gasteiger partial charge in [0.25, 0.3) is 0 Å². The molecule has 0 aliphatic rings. The van der Waals surface area contributed by atoms with Crippen LogP contribution in [0.4, 0.5) is 0 Å². The van der Waals surface area contributed by atoms with E-state index in [2.05, 4.69) is 167 Å². The number of rotatable bonds is 95. The van der Waals surface area contributed by atoms with Crippen molar-refractivity contribution in [2.75, 3.05) is 39.6 Å². The fourth-order valence-corrected chi connectivity index (χ4v) is 15.5. The molecule has 16 nitrogen and oxygen atoms in total. The van der Waals surface area contributed by atoms with E-state index in [0.29, 0.717) is 19.3 Å². The predicted molar refractivity (Wildman–Crippen MR) is 519 cm³/mol. The minimum atomic E-state index is -4.95. The molecule has 5 unspecified atom stereocenters. The van der Waals surface area contributed by atoms with Crippen LogP contribution in [0.1, 0.15) is 445 Å². The third-order valence-corrected chi connectivity index (χ3v) is 23.4. The summed E-state index contributed by atoms with van der Waals surface area (Å²) < 4.78 is 61.7. The maximum Gasteiger partial charge on any atom is 0.472 e. The van der Waals surface area contributed by atoms with Gasteiger partial charge in [-0.25, -0.2) is 9.13 Å². The third-order valence-electron chi connectivity index (χ3n) is 21.5. The van der Waals surface area contributed by atoms with Crippen molar-refractivity contribution in [3.8, 4) is 0 Å². The van der Waals surface area contributed by atoms with Gasteiger partial charge in [0, 0.05) is 19.3 Å². The smallest absolute Gasteiger partial charge is 0.463 e. The van der Waals surface area contributed by atoms with Crippen LogP contribution in [0.5, 0.6) is 0 Å². The molecule has 0 rings (SSSR count). The SMILES string of the molecule is CCCCC/C=C\C/C=C\C/C=C\C/C=C\CCCCCCCCCCCCCCCCCCCC(=O)OCC(O)COP(=O)(O)OCC(O)COP(=O)(O)OCC(COC(=O)CCCCCCCCCCCCC/C=C\C/C=C\C/C=C\C/C=C\CCCCC)OC(=O)CCCCCCCCCCCCC/C=C\C/C=C\C/C=C\C/C=C\CCCCC. The standard InChI is InChI=1S/C105H184O16P2/c1-4-7-10-13-16-19-22-25-28-31-34-37-40-43-46-47-48-49-50-51-54-56-58-61-64-67-70-73-76-79-82-85-88-91-103(108)115-94-100(106)95-117-122(111,112)118-96-101(107)97-119-123(113,114)120-99-102(121-105(110)93-90-87-84-81-78-75-72-69-66-63-60-57-53-45-42-39-36-33-30-27-24-21-18-15-12-9-6-3)98-116-104(109)92-89-86-83-80-77-74-71-68-65-62-59-55-52-44-41-38-35-32-29-26-23-20-17-14-11-8-5-2/h16-21,25-30,34-39,43-46,52-53,100-102,106-107H,4-15,22-24,31-33,40-42,47-51,54-99H2,1-3H3,(H,111,112)(H,113,114)/b19-16-,20-17-,21-18-,28-25-,29-26-,30-27-,37-34-,38-35-,39-36-,46-43-,52-44-,53-45-. The van der Waals surface area contributed by atoms with Gasteiger partial charge in [0.15, 0.2) is 6.10 Å². The summed E-state index contributed by atoms with van der Waals surface area (Å²) in [6.45, 7) is 2.67. The predicted octanol–water partition coefficient (Wildman–Crippen LogP) is 31.5. The van der Waals surface area contributed by atoms with E-state index in [0.717, 1.165) is 141 Å². The van der Waals surface area contributed by atoms with Crippen molar-refractivity contribution in [1.29, 1.82) is 0 Å². The molecular weight excluding hydrogens is 1580 g/mol. The van der Waals surface area contributed by atoms with Crippen LogP contribution in [0.15, 0.2) is 146 Å². The van der Waals surface area contributed by atoms with Crippen molar-refractivity contribution < 1.29 is 75.8 Å². The molecule has 0 aromatic carbocycles. The highest BCUT2D eigenvalue weighted by Gasteiger charge is 2.30. The van der Waals surface area contributed by atoms with Gasteiger partial charge in [0.05, 0.1) is 26.4 Å². The molecule has 710 valence electrons. The monoisotopic (exact) mass is 1760 g/mol. The van der Waals surface area contributed by atoms with E-state index in [9.17, 15) is 43.5 Å². The first-order chi connectivity index (χ1) is 60.2. The average molecular weight is 1760 g/mol. The Labute approximate surface area is 753 Å². The zero-order valence-corrected chi connectivity index (χ0v) is 80.4. The van der Waals surface area contributed by atoms with E-state index in [1.165, 1.54) is 244 Å². The number of phosphoric acid groups is 2. The van der Waals surface area contributed by atoms with Crippen LogP contribution < -0.4 is 0 Å². The summed E-state index contributed by atoms with van der Waals surface area (Å²) >= 11 is 0. The van der Waals surface area contributed by atoms with Crippen LogP contribution >= 0.6 is 15.6 Å². The van der Waals surface area contributed by atoms with E-state index in [1.807, 2.05) is 0 Å². The molecule has 0 heterocycles. The summed E-state index contributed by atoms with van der Waals surface area (Å²) in [5.74, 6) is -1.56. The van der Waals surface area contributed by atoms with Gasteiger partial charge in [-0.1, -0.05) is 417 Å². The molecular formula is C105H184O16P2. The van der Waals surface area contributed by atoms with Crippen LogP contribution in [0.2, 0.25) is 0 Å². The lowest BCUT2D eigenvalue weighted by molar-refractivity contribution is -0.161. The van der Waals surface area contributed by atoms with Gasteiger partial charge < -0.3 is 34.2 Å². The normalized spacial score (nSPS) is 14.3. The molecule has 18 heteroatoms. The molecule has 0 amide bonds. The van der Waals surface area contributed by atoms with Crippen molar-refractivity contribution in [2.24, 2.45) is 0 Å². The fraction of sp³-hybridized carbons (Fsp3) is 0.743. The molecule has 0 radical (unpaired) electrons. The number of esters is 3. The Kier molecular flexibility index (Phi) is 92.9. The van der Waals surface area contributed by atoms with Crippen molar-refractivity contribution in [2.45, 2.75) is 463 Å². The third kappa shape index (κ3) is 97.9. The Morgan fingerprint density at radius 1 is 0.228 bits per heavy atom. The minimum Gasteiger partial charge on any atom is -0.463 e. The second kappa shape index (κ2) is 96.5. The highest BCUT2D eigenvalue weighted by atomic mass is 31.2. The maximum atomic E-state index is 13.1. The van der Waals surface area contributed by atoms with Crippen LogP contribution in [0.3, 0.4) is 0 Å². The fourth-order valence-electron chi connectivity index (χ4n) is 13.9. The number of carbonyl (C=O) groups excluding carboxylic acids is 3. The number of aliphatic hydroxyl groups is 2. The van der Waals surface area contributed by atoms with Crippen molar-refractivity contribution in [3.63, 3.8) is 0 Å². The van der Waals surface area contributed by atoms with Crippen molar-refractivity contribution >= 4 is 33.6 Å². The number of unbranched alkanes of at least 4 members (excludes halogenated alkanes) is 48. The zero-order valence-electron chi connectivity index (χ0n) is 78.6. The van der Waals surface area contributed by atoms with E-state index in [1.54, 1.807) is 0 Å². The lowest BCUT2D eigenvalue weighted by Crippen LogP contribution is -2.30. The first kappa shape index (κ1) is 118. The summed E-state index contributed by atoms with van der Waals surface area (Å²) in [6.07, 6.45) is 123. The van der Waals surface area contributed by atoms with Gasteiger partial charge in [-0.3, -0.25) is 32.5 Å². The van der Waals surface area contributed by atoms with E-state index >= 15 is 0 Å². The summed E-state index contributed by atoms with van der Waals surface area (Å²) in [6, 6.07) is 0. The minimum absolute atomic E-state index is 0.0981. The van der Waals surface area contributed by atoms with Gasteiger partial charge in [-0.2, -0.15) is 0 Å². The molecule has 0 bridgehead atoms. The number of hydrogen-bond donors (Lipinski definition) is 4. The summed E-state index contributed by atoms with van der Waals surface area (Å²) in [5, 5.41) is 20.8. The first-order valence-electron chi connectivity index (χ1n) is 50.1. The van der Waals surface area contributed by atoms with E-state index in [4.69, 9.17) is 32.3 Å². The Morgan fingerprint density at radius 3 is 0.642 bits per heavy atom. The van der Waals surface area contributed by atoms with Gasteiger partial charge in [-0.05, 0) is 154 Å². The molecule has 123 heavy (non-hydrogen) atoms. The van der Waals surface area contributed by atoms with Crippen molar-refractivity contribution in [1.82, 2.24) is 0 Å². The number of hydrogen-bond acceptors (Lipinski definition) is 14. The van der Waals surface area contributed by atoms with Gasteiger partial charge in [-0.15, -0.1) is 0 Å². The Bertz CT molecular complexity index is 2820. The van der Waals surface area contributed by atoms with Gasteiger partial charge in [0.1, 0.15) is 25.4 Å². The molecule has 5 atom stereocenters. The largest absolute Gasteiger partial charge is 0.472 e. The maximum absolute atomic E-state index is 13.1. The topological polar surface area (TPSA) is 231 Å². The molecule has 0 aromatic heterocycles. The number of carbonyl (C=O) groups is 3. The second-order valence-electron chi connectivity index (χ2n) is 33.6. The van der Waals surface area contributed by atoms with E-state index in [-0.39, 0.29) is 19.3 Å². The Hall–Kier alpha value is -4.57. The van der Waals surface area contributed by atoms with Crippen molar-refractivity contribution in [3.05, 3.63) is 146 Å². The van der Waals surface area contributed by atoms with Crippen LogP contribution in [0, 0.1) is 0 Å². The molecule has 4 N–H and O–H groups in total. The Balaban J connectivity index is 4.60. The second-order valence-corrected chi connectivity index (χ2v) is 36.5. The number of aliphatic hydroxyl groups excluding tert-OH is 2. The average Bonchev–Trinajstić information content (AvgIpc) is 0.892. The van der Waals surface area contributed by atoms with Crippen LogP contribution in [-0.4, -0.2) is 95.9 Å². The first-order valence-corrected chi connectivity index (χ1v) is 53.1. The van der Waals surface area contributed by atoms with E-state index < -0.39 is 91.5 Å².